The van der Waals surface area contributed by atoms with Gasteiger partial charge in [0, 0.05) is 6.54 Å². The lowest BCUT2D eigenvalue weighted by Gasteiger charge is -2.13. The number of methoxy groups -OCH3 is 2. The molecule has 0 aromatic heterocycles. The third kappa shape index (κ3) is 6.10. The summed E-state index contributed by atoms with van der Waals surface area (Å²) >= 11 is 0. The maximum absolute atomic E-state index is 10.8. The van der Waals surface area contributed by atoms with E-state index >= 15 is 0 Å². The molecule has 0 heterocycles. The molecule has 0 bridgehead atoms. The topological polar surface area (TPSA) is 55.8 Å². The van der Waals surface area contributed by atoms with E-state index in [0.717, 1.165) is 0 Å². The van der Waals surface area contributed by atoms with Gasteiger partial charge in [-0.05, 0) is 7.05 Å². The largest absolute Gasteiger partial charge is 0.469 e. The highest BCUT2D eigenvalue weighted by Gasteiger charge is 2.08. The minimum Gasteiger partial charge on any atom is -0.469 e. The summed E-state index contributed by atoms with van der Waals surface area (Å²) in [7, 11) is 4.40. The third-order valence-electron chi connectivity index (χ3n) is 1.55. The number of likely N-dealkylation sites (N-methyl/N-ethyl adjacent to an activating group) is 1. The zero-order chi connectivity index (χ0) is 10.3. The normalized spacial score (nSPS) is 9.85. The highest BCUT2D eigenvalue weighted by Crippen LogP contribution is 1.90. The first-order valence-corrected chi connectivity index (χ1v) is 3.92. The number of hydrogen-bond acceptors (Lipinski definition) is 5. The van der Waals surface area contributed by atoms with Gasteiger partial charge in [-0.1, -0.05) is 0 Å². The quantitative estimate of drug-likeness (QED) is 0.553. The van der Waals surface area contributed by atoms with Crippen LogP contribution in [0.2, 0.25) is 0 Å². The second-order valence-corrected chi connectivity index (χ2v) is 2.64. The van der Waals surface area contributed by atoms with E-state index in [9.17, 15) is 9.59 Å². The fourth-order valence-electron chi connectivity index (χ4n) is 0.748. The molecule has 0 spiro atoms. The van der Waals surface area contributed by atoms with Crippen molar-refractivity contribution < 1.29 is 19.1 Å². The second kappa shape index (κ2) is 6.42. The van der Waals surface area contributed by atoms with E-state index < -0.39 is 0 Å². The number of carbonyl (C=O) groups is 2. The van der Waals surface area contributed by atoms with Crippen LogP contribution in [0.3, 0.4) is 0 Å². The van der Waals surface area contributed by atoms with Crippen molar-refractivity contribution in [2.24, 2.45) is 0 Å². The highest BCUT2D eigenvalue weighted by molar-refractivity contribution is 5.72. The van der Waals surface area contributed by atoms with Gasteiger partial charge in [-0.15, -0.1) is 0 Å². The summed E-state index contributed by atoms with van der Waals surface area (Å²) in [4.78, 5) is 23.2. The Hall–Kier alpha value is -1.10. The van der Waals surface area contributed by atoms with Gasteiger partial charge in [0.15, 0.2) is 0 Å². The van der Waals surface area contributed by atoms with Crippen molar-refractivity contribution >= 4 is 11.9 Å². The molecule has 0 radical (unpaired) electrons. The van der Waals surface area contributed by atoms with Crippen molar-refractivity contribution in [2.45, 2.75) is 6.42 Å². The van der Waals surface area contributed by atoms with Gasteiger partial charge in [-0.2, -0.15) is 0 Å². The molecule has 0 unspecified atom stereocenters. The smallest absolute Gasteiger partial charge is 0.319 e. The maximum Gasteiger partial charge on any atom is 0.319 e. The molecule has 5 heteroatoms. The molecule has 0 amide bonds. The summed E-state index contributed by atoms with van der Waals surface area (Å²) in [5, 5.41) is 0. The molecule has 0 aliphatic carbocycles. The van der Waals surface area contributed by atoms with Gasteiger partial charge in [0.25, 0.3) is 0 Å². The molecule has 0 aromatic rings. The van der Waals surface area contributed by atoms with Crippen LogP contribution in [0.25, 0.3) is 0 Å². The van der Waals surface area contributed by atoms with Crippen LogP contribution in [0.15, 0.2) is 0 Å². The second-order valence-electron chi connectivity index (χ2n) is 2.64. The first-order chi connectivity index (χ1) is 6.10. The zero-order valence-corrected chi connectivity index (χ0v) is 8.20. The van der Waals surface area contributed by atoms with Gasteiger partial charge < -0.3 is 9.47 Å². The summed E-state index contributed by atoms with van der Waals surface area (Å²) in [6.45, 7) is 0.676. The fourth-order valence-corrected chi connectivity index (χ4v) is 0.748. The molecule has 5 nitrogen and oxygen atoms in total. The number of ether oxygens (including phenoxy) is 2. The fraction of sp³-hybridized carbons (Fsp3) is 0.750. The third-order valence-corrected chi connectivity index (χ3v) is 1.55. The molecule has 76 valence electrons. The van der Waals surface area contributed by atoms with Crippen molar-refractivity contribution in [3.8, 4) is 0 Å². The number of rotatable bonds is 5. The summed E-state index contributed by atoms with van der Waals surface area (Å²) in [6.07, 6.45) is 0.282. The van der Waals surface area contributed by atoms with Crippen molar-refractivity contribution in [3.63, 3.8) is 0 Å². The summed E-state index contributed by atoms with van der Waals surface area (Å²) < 4.78 is 8.91. The van der Waals surface area contributed by atoms with E-state index in [1.54, 1.807) is 11.9 Å². The average molecular weight is 189 g/mol. The van der Waals surface area contributed by atoms with Crippen LogP contribution in [-0.4, -0.2) is 51.2 Å². The van der Waals surface area contributed by atoms with Crippen LogP contribution in [0.4, 0.5) is 0 Å². The van der Waals surface area contributed by atoms with Crippen LogP contribution in [0, 0.1) is 0 Å². The van der Waals surface area contributed by atoms with Gasteiger partial charge in [-0.3, -0.25) is 14.5 Å². The van der Waals surface area contributed by atoms with Crippen LogP contribution < -0.4 is 0 Å². The Labute approximate surface area is 77.6 Å². The number of esters is 2. The van der Waals surface area contributed by atoms with Gasteiger partial charge in [-0.25, -0.2) is 0 Å². The Kier molecular flexibility index (Phi) is 5.88. The SMILES string of the molecule is COC(=O)CCN(C)CC(=O)OC. The molecule has 0 rings (SSSR count). The van der Waals surface area contributed by atoms with Crippen molar-refractivity contribution in [2.75, 3.05) is 34.4 Å². The van der Waals surface area contributed by atoms with E-state index in [1.165, 1.54) is 14.2 Å². The number of hydrogen-bond donors (Lipinski definition) is 0. The lowest BCUT2D eigenvalue weighted by atomic mass is 10.4. The lowest BCUT2D eigenvalue weighted by molar-refractivity contribution is -0.144. The van der Waals surface area contributed by atoms with E-state index in [1.807, 2.05) is 0 Å². The Bertz CT molecular complexity index is 181. The minimum absolute atomic E-state index is 0.188. The van der Waals surface area contributed by atoms with Crippen molar-refractivity contribution in [3.05, 3.63) is 0 Å². The van der Waals surface area contributed by atoms with E-state index in [2.05, 4.69) is 9.47 Å². The molecule has 0 aliphatic rings. The molecule has 0 aromatic carbocycles. The molecule has 13 heavy (non-hydrogen) atoms. The minimum atomic E-state index is -0.313. The molecule has 0 atom stereocenters. The molecule has 0 fully saturated rings. The Morgan fingerprint density at radius 3 is 2.15 bits per heavy atom. The summed E-state index contributed by atoms with van der Waals surface area (Å²) in [5.74, 6) is -0.593. The Balaban J connectivity index is 3.56. The van der Waals surface area contributed by atoms with Crippen LogP contribution in [-0.2, 0) is 19.1 Å². The first kappa shape index (κ1) is 11.9. The van der Waals surface area contributed by atoms with Crippen LogP contribution in [0.1, 0.15) is 6.42 Å². The molecule has 0 saturated carbocycles. The average Bonchev–Trinajstić information content (AvgIpc) is 2.13. The number of carbonyl (C=O) groups excluding carboxylic acids is 2. The molecular formula is C8H15NO4. The summed E-state index contributed by atoms with van der Waals surface area (Å²) in [6, 6.07) is 0. The number of nitrogens with zero attached hydrogens (tertiary/aromatic N) is 1. The molecule has 0 aliphatic heterocycles. The van der Waals surface area contributed by atoms with Gasteiger partial charge >= 0.3 is 11.9 Å². The summed E-state index contributed by atoms with van der Waals surface area (Å²) in [5.41, 5.74) is 0. The first-order valence-electron chi connectivity index (χ1n) is 3.92. The van der Waals surface area contributed by atoms with Crippen molar-refractivity contribution in [1.29, 1.82) is 0 Å². The standard InChI is InChI=1S/C8H15NO4/c1-9(6-8(11)13-3)5-4-7(10)12-2/h4-6H2,1-3H3. The molecular weight excluding hydrogens is 174 g/mol. The molecule has 0 saturated heterocycles. The molecule has 0 N–H and O–H groups in total. The predicted octanol–water partition coefficient (Wildman–Crippen LogP) is -0.346. The Morgan fingerprint density at radius 1 is 1.15 bits per heavy atom. The van der Waals surface area contributed by atoms with Crippen LogP contribution >= 0.6 is 0 Å². The van der Waals surface area contributed by atoms with Gasteiger partial charge in [0.2, 0.25) is 0 Å². The Morgan fingerprint density at radius 2 is 1.69 bits per heavy atom. The van der Waals surface area contributed by atoms with Gasteiger partial charge in [0.05, 0.1) is 27.2 Å². The van der Waals surface area contributed by atoms with Gasteiger partial charge in [0.1, 0.15) is 0 Å². The lowest BCUT2D eigenvalue weighted by Crippen LogP contribution is -2.29. The van der Waals surface area contributed by atoms with Crippen LogP contribution in [0.5, 0.6) is 0 Å². The van der Waals surface area contributed by atoms with E-state index in [4.69, 9.17) is 0 Å². The maximum atomic E-state index is 10.8. The zero-order valence-electron chi connectivity index (χ0n) is 8.20. The van der Waals surface area contributed by atoms with E-state index in [0.29, 0.717) is 6.54 Å². The van der Waals surface area contributed by atoms with Crippen molar-refractivity contribution in [1.82, 2.24) is 4.90 Å². The highest BCUT2D eigenvalue weighted by atomic mass is 16.5. The van der Waals surface area contributed by atoms with E-state index in [-0.39, 0.29) is 24.9 Å². The monoisotopic (exact) mass is 189 g/mol. The predicted molar refractivity (Wildman–Crippen MR) is 46.1 cm³/mol.